The number of hydrogen-bond acceptors (Lipinski definition) is 4. The summed E-state index contributed by atoms with van der Waals surface area (Å²) in [4.78, 5) is 0. The van der Waals surface area contributed by atoms with Gasteiger partial charge in [0.2, 0.25) is 0 Å². The molecule has 0 spiro atoms. The molecule has 1 rings (SSSR count). The zero-order valence-corrected chi connectivity index (χ0v) is 11.2. The molecule has 3 N–H and O–H groups in total. The number of nitrogens with two attached hydrogens (primary N) is 1. The van der Waals surface area contributed by atoms with Gasteiger partial charge in [-0.25, -0.2) is 5.43 Å². The predicted molar refractivity (Wildman–Crippen MR) is 68.2 cm³/mol. The number of aromatic nitrogens is 2. The van der Waals surface area contributed by atoms with Crippen molar-refractivity contribution in [1.29, 1.82) is 0 Å². The average molecular weight is 240 g/mol. The van der Waals surface area contributed by atoms with Crippen molar-refractivity contribution in [1.82, 2.24) is 15.2 Å². The van der Waals surface area contributed by atoms with E-state index in [9.17, 15) is 0 Å². The fourth-order valence-corrected chi connectivity index (χ4v) is 2.15. The first kappa shape index (κ1) is 14.2. The Morgan fingerprint density at radius 1 is 1.53 bits per heavy atom. The van der Waals surface area contributed by atoms with Gasteiger partial charge in [-0.05, 0) is 18.4 Å². The van der Waals surface area contributed by atoms with E-state index in [0.717, 1.165) is 18.7 Å². The maximum absolute atomic E-state index is 5.67. The summed E-state index contributed by atoms with van der Waals surface area (Å²) in [6.07, 6.45) is 2.89. The summed E-state index contributed by atoms with van der Waals surface area (Å²) in [6.45, 7) is 7.28. The summed E-state index contributed by atoms with van der Waals surface area (Å²) in [5.41, 5.74) is 3.93. The summed E-state index contributed by atoms with van der Waals surface area (Å²) < 4.78 is 7.52. The molecule has 1 aromatic heterocycles. The summed E-state index contributed by atoms with van der Waals surface area (Å²) in [5, 5.41) is 4.32. The largest absolute Gasteiger partial charge is 0.379 e. The van der Waals surface area contributed by atoms with E-state index in [4.69, 9.17) is 10.6 Å². The minimum absolute atomic E-state index is 0.0333. The van der Waals surface area contributed by atoms with Crippen LogP contribution in [-0.4, -0.2) is 23.0 Å². The molecule has 0 aliphatic rings. The van der Waals surface area contributed by atoms with E-state index in [1.807, 2.05) is 16.9 Å². The van der Waals surface area contributed by atoms with E-state index < -0.39 is 0 Å². The van der Waals surface area contributed by atoms with Crippen molar-refractivity contribution in [3.05, 3.63) is 18.0 Å². The van der Waals surface area contributed by atoms with E-state index in [0.29, 0.717) is 5.92 Å². The Kier molecular flexibility index (Phi) is 5.61. The molecule has 0 aliphatic carbocycles. The van der Waals surface area contributed by atoms with Gasteiger partial charge in [0.1, 0.15) is 0 Å². The summed E-state index contributed by atoms with van der Waals surface area (Å²) in [7, 11) is 1.72. The van der Waals surface area contributed by atoms with Crippen molar-refractivity contribution in [3.63, 3.8) is 0 Å². The molecule has 2 atom stereocenters. The molecule has 2 unspecified atom stereocenters. The van der Waals surface area contributed by atoms with Gasteiger partial charge < -0.3 is 4.74 Å². The molecule has 5 nitrogen and oxygen atoms in total. The molecule has 1 aromatic rings. The quantitative estimate of drug-likeness (QED) is 0.559. The Bertz CT molecular complexity index is 324. The topological polar surface area (TPSA) is 65.1 Å². The van der Waals surface area contributed by atoms with Crippen LogP contribution < -0.4 is 11.3 Å². The predicted octanol–water partition coefficient (Wildman–Crippen LogP) is 1.47. The third-order valence-electron chi connectivity index (χ3n) is 2.94. The van der Waals surface area contributed by atoms with E-state index in [-0.39, 0.29) is 12.1 Å². The van der Waals surface area contributed by atoms with Gasteiger partial charge in [0.05, 0.1) is 17.8 Å². The van der Waals surface area contributed by atoms with Crippen LogP contribution in [0.2, 0.25) is 0 Å². The smallest absolute Gasteiger partial charge is 0.0892 e. The van der Waals surface area contributed by atoms with Crippen LogP contribution in [-0.2, 0) is 11.3 Å². The number of ether oxygens (including phenoxy) is 1. The van der Waals surface area contributed by atoms with Crippen molar-refractivity contribution >= 4 is 0 Å². The van der Waals surface area contributed by atoms with Gasteiger partial charge in [0.15, 0.2) is 0 Å². The maximum atomic E-state index is 5.67. The highest BCUT2D eigenvalue weighted by atomic mass is 16.5. The van der Waals surface area contributed by atoms with Crippen molar-refractivity contribution in [2.45, 2.75) is 45.9 Å². The lowest BCUT2D eigenvalue weighted by Gasteiger charge is -2.28. The monoisotopic (exact) mass is 240 g/mol. The zero-order valence-electron chi connectivity index (χ0n) is 11.2. The summed E-state index contributed by atoms with van der Waals surface area (Å²) in [5.74, 6) is 6.05. The molecule has 0 amide bonds. The molecule has 0 aliphatic heterocycles. The maximum Gasteiger partial charge on any atom is 0.0892 e. The van der Waals surface area contributed by atoms with Crippen LogP contribution in [0.1, 0.15) is 38.9 Å². The highest BCUT2D eigenvalue weighted by molar-refractivity contribution is 5.09. The fourth-order valence-electron chi connectivity index (χ4n) is 2.15. The number of rotatable bonds is 7. The molecule has 0 aromatic carbocycles. The van der Waals surface area contributed by atoms with E-state index in [1.54, 1.807) is 7.11 Å². The lowest BCUT2D eigenvalue weighted by molar-refractivity contribution is 0.0300. The number of nitrogens with zero attached hydrogens (tertiary/aromatic N) is 2. The van der Waals surface area contributed by atoms with Crippen LogP contribution in [0.5, 0.6) is 0 Å². The summed E-state index contributed by atoms with van der Waals surface area (Å²) >= 11 is 0. The van der Waals surface area contributed by atoms with Gasteiger partial charge in [0, 0.05) is 19.9 Å². The van der Waals surface area contributed by atoms with Crippen molar-refractivity contribution in [3.8, 4) is 0 Å². The standard InChI is InChI=1S/C12H24N4O/c1-5-8-16-10(6-7-14-16)11(15-13)12(17-4)9(2)3/h6-7,9,11-12,15H,5,8,13H2,1-4H3. The first-order chi connectivity index (χ1) is 8.15. The Morgan fingerprint density at radius 2 is 2.24 bits per heavy atom. The third-order valence-corrected chi connectivity index (χ3v) is 2.94. The number of hydrogen-bond donors (Lipinski definition) is 2. The van der Waals surface area contributed by atoms with Crippen molar-refractivity contribution in [2.75, 3.05) is 7.11 Å². The van der Waals surface area contributed by atoms with Crippen LogP contribution in [0, 0.1) is 5.92 Å². The highest BCUT2D eigenvalue weighted by Crippen LogP contribution is 2.23. The van der Waals surface area contributed by atoms with Crippen LogP contribution in [0.25, 0.3) is 0 Å². The third kappa shape index (κ3) is 3.28. The van der Waals surface area contributed by atoms with Crippen LogP contribution >= 0.6 is 0 Å². The van der Waals surface area contributed by atoms with Crippen LogP contribution in [0.4, 0.5) is 0 Å². The Morgan fingerprint density at radius 3 is 2.71 bits per heavy atom. The minimum Gasteiger partial charge on any atom is -0.379 e. The van der Waals surface area contributed by atoms with Crippen molar-refractivity contribution < 1.29 is 4.74 Å². The van der Waals surface area contributed by atoms with Crippen LogP contribution in [0.3, 0.4) is 0 Å². The Balaban J connectivity index is 2.95. The lowest BCUT2D eigenvalue weighted by atomic mass is 9.97. The first-order valence-electron chi connectivity index (χ1n) is 6.16. The minimum atomic E-state index is -0.0333. The molecule has 17 heavy (non-hydrogen) atoms. The van der Waals surface area contributed by atoms with Gasteiger partial charge in [-0.1, -0.05) is 20.8 Å². The average Bonchev–Trinajstić information content (AvgIpc) is 2.73. The molecule has 0 saturated carbocycles. The SMILES string of the molecule is CCCn1nccc1C(NN)C(OC)C(C)C. The van der Waals surface area contributed by atoms with Gasteiger partial charge in [0.25, 0.3) is 0 Å². The number of nitrogens with one attached hydrogen (secondary N) is 1. The molecule has 1 heterocycles. The second-order valence-electron chi connectivity index (χ2n) is 4.57. The Hall–Kier alpha value is -0.910. The van der Waals surface area contributed by atoms with Crippen molar-refractivity contribution in [2.24, 2.45) is 11.8 Å². The van der Waals surface area contributed by atoms with Crippen LogP contribution in [0.15, 0.2) is 12.3 Å². The molecule has 0 fully saturated rings. The molecule has 98 valence electrons. The second kappa shape index (κ2) is 6.74. The van der Waals surface area contributed by atoms with Gasteiger partial charge >= 0.3 is 0 Å². The second-order valence-corrected chi connectivity index (χ2v) is 4.57. The van der Waals surface area contributed by atoms with E-state index >= 15 is 0 Å². The molecule has 5 heteroatoms. The molecular formula is C12H24N4O. The fraction of sp³-hybridized carbons (Fsp3) is 0.750. The molecule has 0 bridgehead atoms. The summed E-state index contributed by atoms with van der Waals surface area (Å²) in [6, 6.07) is 1.96. The zero-order chi connectivity index (χ0) is 12.8. The Labute approximate surface area is 103 Å². The van der Waals surface area contributed by atoms with Gasteiger partial charge in [-0.2, -0.15) is 5.10 Å². The number of methoxy groups -OCH3 is 1. The molecule has 0 radical (unpaired) electrons. The van der Waals surface area contributed by atoms with Gasteiger partial charge in [-0.15, -0.1) is 0 Å². The lowest BCUT2D eigenvalue weighted by Crippen LogP contribution is -2.41. The first-order valence-corrected chi connectivity index (χ1v) is 6.16. The number of hydrazine groups is 1. The molecular weight excluding hydrogens is 216 g/mol. The highest BCUT2D eigenvalue weighted by Gasteiger charge is 2.27. The van der Waals surface area contributed by atoms with E-state index in [2.05, 4.69) is 31.3 Å². The normalized spacial score (nSPS) is 15.2. The van der Waals surface area contributed by atoms with Gasteiger partial charge in [-0.3, -0.25) is 10.5 Å². The van der Waals surface area contributed by atoms with E-state index in [1.165, 1.54) is 0 Å². The molecule has 0 saturated heterocycles. The number of aryl methyl sites for hydroxylation is 1.